The SMILES string of the molecule is CCCNc1cc(C)ccc1C(=O)NCC(C)SC. The molecule has 0 radical (unpaired) electrons. The van der Waals surface area contributed by atoms with Crippen LogP contribution in [0, 0.1) is 6.92 Å². The predicted octanol–water partition coefficient (Wildman–Crippen LogP) is 3.30. The van der Waals surface area contributed by atoms with Crippen molar-refractivity contribution in [2.24, 2.45) is 0 Å². The molecule has 19 heavy (non-hydrogen) atoms. The van der Waals surface area contributed by atoms with Crippen LogP contribution < -0.4 is 10.6 Å². The van der Waals surface area contributed by atoms with Gasteiger partial charge in [-0.3, -0.25) is 4.79 Å². The van der Waals surface area contributed by atoms with Crippen LogP contribution in [-0.4, -0.2) is 30.5 Å². The number of carbonyl (C=O) groups is 1. The van der Waals surface area contributed by atoms with Gasteiger partial charge in [-0.25, -0.2) is 0 Å². The minimum Gasteiger partial charge on any atom is -0.384 e. The largest absolute Gasteiger partial charge is 0.384 e. The first-order chi connectivity index (χ1) is 9.08. The second-order valence-corrected chi connectivity index (χ2v) is 6.01. The number of thioether (sulfide) groups is 1. The molecule has 0 aliphatic carbocycles. The first-order valence-corrected chi connectivity index (χ1v) is 8.02. The third kappa shape index (κ3) is 5.15. The van der Waals surface area contributed by atoms with Crippen LogP contribution in [0.5, 0.6) is 0 Å². The van der Waals surface area contributed by atoms with E-state index < -0.39 is 0 Å². The summed E-state index contributed by atoms with van der Waals surface area (Å²) in [6.45, 7) is 7.83. The summed E-state index contributed by atoms with van der Waals surface area (Å²) in [5.41, 5.74) is 2.82. The number of hydrogen-bond donors (Lipinski definition) is 2. The van der Waals surface area contributed by atoms with E-state index in [0.717, 1.165) is 29.8 Å². The third-order valence-electron chi connectivity index (χ3n) is 2.94. The van der Waals surface area contributed by atoms with Crippen molar-refractivity contribution in [3.05, 3.63) is 29.3 Å². The van der Waals surface area contributed by atoms with Crippen LogP contribution in [0.15, 0.2) is 18.2 Å². The molecule has 0 bridgehead atoms. The smallest absolute Gasteiger partial charge is 0.253 e. The molecule has 1 rings (SSSR count). The van der Waals surface area contributed by atoms with Crippen LogP contribution in [0.2, 0.25) is 0 Å². The molecule has 0 aliphatic heterocycles. The average Bonchev–Trinajstić information content (AvgIpc) is 2.42. The number of hydrogen-bond acceptors (Lipinski definition) is 3. The molecule has 0 heterocycles. The lowest BCUT2D eigenvalue weighted by atomic mass is 10.1. The fourth-order valence-electron chi connectivity index (χ4n) is 1.68. The fourth-order valence-corrected chi connectivity index (χ4v) is 1.93. The van der Waals surface area contributed by atoms with Crippen molar-refractivity contribution >= 4 is 23.4 Å². The fraction of sp³-hybridized carbons (Fsp3) is 0.533. The molecule has 1 aromatic rings. The van der Waals surface area contributed by atoms with Crippen molar-refractivity contribution in [1.29, 1.82) is 0 Å². The predicted molar refractivity (Wildman–Crippen MR) is 85.3 cm³/mol. The molecule has 3 nitrogen and oxygen atoms in total. The Morgan fingerprint density at radius 1 is 1.42 bits per heavy atom. The van der Waals surface area contributed by atoms with E-state index in [2.05, 4.69) is 30.7 Å². The van der Waals surface area contributed by atoms with Crippen molar-refractivity contribution in [2.45, 2.75) is 32.4 Å². The summed E-state index contributed by atoms with van der Waals surface area (Å²) in [5.74, 6) is -0.000460. The van der Waals surface area contributed by atoms with Crippen LogP contribution >= 0.6 is 11.8 Å². The van der Waals surface area contributed by atoms with Crippen LogP contribution in [0.1, 0.15) is 36.2 Å². The molecule has 1 aromatic carbocycles. The van der Waals surface area contributed by atoms with Crippen molar-refractivity contribution in [2.75, 3.05) is 24.7 Å². The van der Waals surface area contributed by atoms with E-state index in [1.165, 1.54) is 0 Å². The van der Waals surface area contributed by atoms with E-state index >= 15 is 0 Å². The van der Waals surface area contributed by atoms with E-state index in [1.807, 2.05) is 25.1 Å². The van der Waals surface area contributed by atoms with Gasteiger partial charge in [-0.15, -0.1) is 0 Å². The van der Waals surface area contributed by atoms with Crippen LogP contribution in [0.25, 0.3) is 0 Å². The topological polar surface area (TPSA) is 41.1 Å². The lowest BCUT2D eigenvalue weighted by Crippen LogP contribution is -2.30. The summed E-state index contributed by atoms with van der Waals surface area (Å²) in [5, 5.41) is 6.74. The molecule has 1 amide bonds. The van der Waals surface area contributed by atoms with Gasteiger partial charge in [0.2, 0.25) is 0 Å². The first-order valence-electron chi connectivity index (χ1n) is 6.74. The van der Waals surface area contributed by atoms with Crippen LogP contribution in [0.4, 0.5) is 5.69 Å². The minimum absolute atomic E-state index is 0.000460. The molecule has 0 saturated carbocycles. The Hall–Kier alpha value is -1.16. The monoisotopic (exact) mass is 280 g/mol. The lowest BCUT2D eigenvalue weighted by Gasteiger charge is -2.14. The maximum absolute atomic E-state index is 12.2. The molecule has 0 saturated heterocycles. The molecule has 0 fully saturated rings. The van der Waals surface area contributed by atoms with E-state index in [9.17, 15) is 4.79 Å². The number of anilines is 1. The number of benzene rings is 1. The van der Waals surface area contributed by atoms with Gasteiger partial charge in [0.05, 0.1) is 5.56 Å². The molecule has 2 N–H and O–H groups in total. The Labute approximate surface area is 120 Å². The van der Waals surface area contributed by atoms with Crippen LogP contribution in [0.3, 0.4) is 0 Å². The van der Waals surface area contributed by atoms with Gasteiger partial charge in [-0.1, -0.05) is 19.9 Å². The molecule has 106 valence electrons. The quantitative estimate of drug-likeness (QED) is 0.805. The van der Waals surface area contributed by atoms with Crippen molar-refractivity contribution in [3.63, 3.8) is 0 Å². The third-order valence-corrected chi connectivity index (χ3v) is 3.91. The highest BCUT2D eigenvalue weighted by Crippen LogP contribution is 2.18. The molecule has 4 heteroatoms. The zero-order chi connectivity index (χ0) is 14.3. The summed E-state index contributed by atoms with van der Waals surface area (Å²) in [4.78, 5) is 12.2. The van der Waals surface area contributed by atoms with Gasteiger partial charge in [0.1, 0.15) is 0 Å². The zero-order valence-electron chi connectivity index (χ0n) is 12.2. The van der Waals surface area contributed by atoms with Crippen LogP contribution in [-0.2, 0) is 0 Å². The van der Waals surface area contributed by atoms with Gasteiger partial charge in [-0.05, 0) is 37.3 Å². The molecule has 0 spiro atoms. The lowest BCUT2D eigenvalue weighted by molar-refractivity contribution is 0.0955. The average molecular weight is 280 g/mol. The Bertz CT molecular complexity index is 421. The number of aryl methyl sites for hydroxylation is 1. The highest BCUT2D eigenvalue weighted by molar-refractivity contribution is 7.99. The molecular weight excluding hydrogens is 256 g/mol. The van der Waals surface area contributed by atoms with E-state index in [0.29, 0.717) is 11.8 Å². The second-order valence-electron chi connectivity index (χ2n) is 4.73. The summed E-state index contributed by atoms with van der Waals surface area (Å²) in [7, 11) is 0. The Morgan fingerprint density at radius 3 is 2.79 bits per heavy atom. The number of nitrogens with one attached hydrogen (secondary N) is 2. The maximum Gasteiger partial charge on any atom is 0.253 e. The number of carbonyl (C=O) groups excluding carboxylic acids is 1. The summed E-state index contributed by atoms with van der Waals surface area (Å²) < 4.78 is 0. The van der Waals surface area contributed by atoms with Gasteiger partial charge < -0.3 is 10.6 Å². The normalized spacial score (nSPS) is 12.0. The number of rotatable bonds is 7. The Morgan fingerprint density at radius 2 is 2.16 bits per heavy atom. The van der Waals surface area contributed by atoms with E-state index in [4.69, 9.17) is 0 Å². The summed E-state index contributed by atoms with van der Waals surface area (Å²) in [6.07, 6.45) is 3.09. The maximum atomic E-state index is 12.2. The highest BCUT2D eigenvalue weighted by Gasteiger charge is 2.12. The van der Waals surface area contributed by atoms with Crippen molar-refractivity contribution in [1.82, 2.24) is 5.32 Å². The van der Waals surface area contributed by atoms with Gasteiger partial charge in [-0.2, -0.15) is 11.8 Å². The van der Waals surface area contributed by atoms with Gasteiger partial charge in [0.25, 0.3) is 5.91 Å². The van der Waals surface area contributed by atoms with Gasteiger partial charge in [0.15, 0.2) is 0 Å². The van der Waals surface area contributed by atoms with Crippen molar-refractivity contribution < 1.29 is 4.79 Å². The summed E-state index contributed by atoms with van der Waals surface area (Å²) >= 11 is 1.75. The highest BCUT2D eigenvalue weighted by atomic mass is 32.2. The molecular formula is C15H24N2OS. The van der Waals surface area contributed by atoms with Gasteiger partial charge >= 0.3 is 0 Å². The molecule has 0 aromatic heterocycles. The second kappa shape index (κ2) is 8.10. The van der Waals surface area contributed by atoms with E-state index in [1.54, 1.807) is 11.8 Å². The van der Waals surface area contributed by atoms with Crippen molar-refractivity contribution in [3.8, 4) is 0 Å². The standard InChI is InChI=1S/C15H24N2OS/c1-5-8-16-14-9-11(2)6-7-13(14)15(18)17-10-12(3)19-4/h6-7,9,12,16H,5,8,10H2,1-4H3,(H,17,18). The summed E-state index contributed by atoms with van der Waals surface area (Å²) in [6, 6.07) is 5.90. The first kappa shape index (κ1) is 15.9. The minimum atomic E-state index is -0.000460. The van der Waals surface area contributed by atoms with Gasteiger partial charge in [0, 0.05) is 24.0 Å². The molecule has 1 atom stereocenters. The Balaban J connectivity index is 2.77. The molecule has 0 aliphatic rings. The zero-order valence-corrected chi connectivity index (χ0v) is 13.1. The number of amides is 1. The van der Waals surface area contributed by atoms with E-state index in [-0.39, 0.29) is 5.91 Å². The Kier molecular flexibility index (Phi) is 6.78. The molecule has 1 unspecified atom stereocenters.